The lowest BCUT2D eigenvalue weighted by molar-refractivity contribution is 0.669. The maximum Gasteiger partial charge on any atom is 0.253 e. The molecule has 7 nitrogen and oxygen atoms in total. The molecule has 0 radical (unpaired) electrons. The standard InChI is InChI=1S/C51H30N6O/c1-2-12-33(13-3-1)55-42-19-9-5-16-39(42)47-44(55)29-28-38-35-14-4-8-18-41(35)56(49(38)47)34-25-22-31(23-26-34)50-53-51-52-48(40-17-6-10-20-43(40)57(51)54-50)32-24-27-37-36-15-7-11-21-45(36)58-46(37)30-32/h1-30H. The lowest BCUT2D eigenvalue weighted by Gasteiger charge is -2.10. The highest BCUT2D eigenvalue weighted by Crippen LogP contribution is 2.42. The first-order valence-electron chi connectivity index (χ1n) is 19.5. The van der Waals surface area contributed by atoms with E-state index in [1.165, 1.54) is 38.1 Å². The summed E-state index contributed by atoms with van der Waals surface area (Å²) in [5.41, 5.74) is 12.3. The number of para-hydroxylation sites is 5. The Kier molecular flexibility index (Phi) is 6.32. The third kappa shape index (κ3) is 4.35. The fourth-order valence-electron chi connectivity index (χ4n) is 9.16. The molecule has 0 saturated heterocycles. The minimum atomic E-state index is 0.539. The number of fused-ring (bicyclic) bond motifs is 13. The molecule has 8 aromatic carbocycles. The van der Waals surface area contributed by atoms with Gasteiger partial charge in [-0.25, -0.2) is 4.98 Å². The molecule has 0 fully saturated rings. The third-order valence-electron chi connectivity index (χ3n) is 11.7. The van der Waals surface area contributed by atoms with Crippen LogP contribution < -0.4 is 0 Å². The second-order valence-electron chi connectivity index (χ2n) is 14.9. The predicted octanol–water partition coefficient (Wildman–Crippen LogP) is 12.7. The van der Waals surface area contributed by atoms with Gasteiger partial charge in [-0.2, -0.15) is 9.50 Å². The molecule has 0 saturated carbocycles. The van der Waals surface area contributed by atoms with Crippen LogP contribution in [0.1, 0.15) is 0 Å². The molecule has 0 N–H and O–H groups in total. The van der Waals surface area contributed by atoms with Crippen LogP contribution in [-0.2, 0) is 0 Å². The van der Waals surface area contributed by atoms with Crippen molar-refractivity contribution in [1.82, 2.24) is 28.7 Å². The molecule has 0 aliphatic rings. The summed E-state index contributed by atoms with van der Waals surface area (Å²) in [4.78, 5) is 10.1. The molecule has 0 bridgehead atoms. The smallest absolute Gasteiger partial charge is 0.253 e. The van der Waals surface area contributed by atoms with Crippen molar-refractivity contribution in [3.63, 3.8) is 0 Å². The van der Waals surface area contributed by atoms with Crippen LogP contribution >= 0.6 is 0 Å². The lowest BCUT2D eigenvalue weighted by atomic mass is 10.0. The van der Waals surface area contributed by atoms with Gasteiger partial charge in [0.1, 0.15) is 11.2 Å². The maximum atomic E-state index is 6.26. The predicted molar refractivity (Wildman–Crippen MR) is 235 cm³/mol. The van der Waals surface area contributed by atoms with Gasteiger partial charge >= 0.3 is 0 Å². The normalized spacial score (nSPS) is 12.1. The first-order valence-corrected chi connectivity index (χ1v) is 19.5. The zero-order valence-electron chi connectivity index (χ0n) is 30.9. The van der Waals surface area contributed by atoms with Crippen molar-refractivity contribution in [2.45, 2.75) is 0 Å². The van der Waals surface area contributed by atoms with Crippen molar-refractivity contribution in [1.29, 1.82) is 0 Å². The first kappa shape index (κ1) is 31.2. The minimum absolute atomic E-state index is 0.539. The zero-order valence-corrected chi connectivity index (χ0v) is 30.9. The Labute approximate surface area is 330 Å². The van der Waals surface area contributed by atoms with Crippen LogP contribution in [0.3, 0.4) is 0 Å². The molecule has 13 rings (SSSR count). The van der Waals surface area contributed by atoms with E-state index in [0.29, 0.717) is 11.6 Å². The summed E-state index contributed by atoms with van der Waals surface area (Å²) in [6.45, 7) is 0. The SMILES string of the molecule is c1ccc(-n2c3ccccc3c3c2ccc2c4ccccc4n(-c4ccc(-c5nc6nc(-c7ccc8c(c7)oc7ccccc78)c7ccccc7n6n5)cc4)c23)cc1. The van der Waals surface area contributed by atoms with Crippen LogP contribution in [0.15, 0.2) is 186 Å². The number of nitrogens with zero attached hydrogens (tertiary/aromatic N) is 6. The number of furan rings is 1. The van der Waals surface area contributed by atoms with Gasteiger partial charge in [0.05, 0.1) is 33.3 Å². The number of aromatic nitrogens is 6. The van der Waals surface area contributed by atoms with E-state index in [1.54, 1.807) is 0 Å². The second kappa shape index (κ2) is 11.7. The summed E-state index contributed by atoms with van der Waals surface area (Å²) in [6.07, 6.45) is 0. The summed E-state index contributed by atoms with van der Waals surface area (Å²) < 4.78 is 12.9. The Hall–Kier alpha value is -8.03. The first-order chi connectivity index (χ1) is 28.8. The van der Waals surface area contributed by atoms with E-state index in [9.17, 15) is 0 Å². The fourth-order valence-corrected chi connectivity index (χ4v) is 9.16. The monoisotopic (exact) mass is 742 g/mol. The molecule has 5 aromatic heterocycles. The summed E-state index contributed by atoms with van der Waals surface area (Å²) >= 11 is 0. The van der Waals surface area contributed by atoms with E-state index in [0.717, 1.165) is 66.6 Å². The largest absolute Gasteiger partial charge is 0.456 e. The van der Waals surface area contributed by atoms with Gasteiger partial charge in [-0.05, 0) is 78.9 Å². The average Bonchev–Trinajstić information content (AvgIpc) is 4.05. The topological polar surface area (TPSA) is 66.1 Å². The quantitative estimate of drug-likeness (QED) is 0.180. The molecule has 0 unspecified atom stereocenters. The van der Waals surface area contributed by atoms with Crippen molar-refractivity contribution in [3.8, 4) is 34.0 Å². The highest BCUT2D eigenvalue weighted by molar-refractivity contribution is 6.26. The lowest BCUT2D eigenvalue weighted by Crippen LogP contribution is -1.97. The molecule has 0 aliphatic carbocycles. The molecule has 0 spiro atoms. The van der Waals surface area contributed by atoms with Gasteiger partial charge in [0.25, 0.3) is 5.78 Å². The van der Waals surface area contributed by atoms with Crippen LogP contribution in [0, 0.1) is 0 Å². The van der Waals surface area contributed by atoms with Crippen LogP contribution in [0.2, 0.25) is 0 Å². The highest BCUT2D eigenvalue weighted by Gasteiger charge is 2.21. The van der Waals surface area contributed by atoms with Gasteiger partial charge in [0, 0.05) is 60.2 Å². The molecule has 13 aromatic rings. The van der Waals surface area contributed by atoms with Crippen molar-refractivity contribution >= 4 is 82.2 Å². The Morgan fingerprint density at radius 3 is 1.84 bits per heavy atom. The Morgan fingerprint density at radius 2 is 1.02 bits per heavy atom. The van der Waals surface area contributed by atoms with Gasteiger partial charge < -0.3 is 13.6 Å². The van der Waals surface area contributed by atoms with Crippen molar-refractivity contribution in [2.75, 3.05) is 0 Å². The molecular formula is C51H30N6O. The van der Waals surface area contributed by atoms with E-state index >= 15 is 0 Å². The number of hydrogen-bond acceptors (Lipinski definition) is 4. The van der Waals surface area contributed by atoms with E-state index < -0.39 is 0 Å². The number of benzene rings is 8. The van der Waals surface area contributed by atoms with Gasteiger partial charge in [-0.15, -0.1) is 5.10 Å². The second-order valence-corrected chi connectivity index (χ2v) is 14.9. The Bertz CT molecular complexity index is 3790. The molecule has 58 heavy (non-hydrogen) atoms. The van der Waals surface area contributed by atoms with Crippen molar-refractivity contribution < 1.29 is 4.42 Å². The molecule has 5 heterocycles. The molecule has 0 amide bonds. The van der Waals surface area contributed by atoms with Crippen molar-refractivity contribution in [2.24, 2.45) is 0 Å². The Morgan fingerprint density at radius 1 is 0.397 bits per heavy atom. The van der Waals surface area contributed by atoms with Gasteiger partial charge in [0.15, 0.2) is 5.82 Å². The Balaban J connectivity index is 0.973. The fraction of sp³-hybridized carbons (Fsp3) is 0. The molecule has 0 aliphatic heterocycles. The molecule has 270 valence electrons. The molecule has 7 heteroatoms. The van der Waals surface area contributed by atoms with Crippen LogP contribution in [0.25, 0.3) is 116 Å². The summed E-state index contributed by atoms with van der Waals surface area (Å²) in [5.74, 6) is 1.15. The van der Waals surface area contributed by atoms with Crippen LogP contribution in [-0.4, -0.2) is 28.7 Å². The zero-order chi connectivity index (χ0) is 37.9. The van der Waals surface area contributed by atoms with Gasteiger partial charge in [-0.1, -0.05) is 103 Å². The maximum absolute atomic E-state index is 6.26. The molecular weight excluding hydrogens is 713 g/mol. The van der Waals surface area contributed by atoms with Gasteiger partial charge in [0.2, 0.25) is 0 Å². The average molecular weight is 743 g/mol. The number of hydrogen-bond donors (Lipinski definition) is 0. The van der Waals surface area contributed by atoms with Crippen LogP contribution in [0.4, 0.5) is 0 Å². The summed E-state index contributed by atoms with van der Waals surface area (Å²) in [6, 6.07) is 63.9. The van der Waals surface area contributed by atoms with E-state index in [1.807, 2.05) is 34.8 Å². The minimum Gasteiger partial charge on any atom is -0.456 e. The van der Waals surface area contributed by atoms with E-state index in [-0.39, 0.29) is 0 Å². The third-order valence-corrected chi connectivity index (χ3v) is 11.7. The van der Waals surface area contributed by atoms with Gasteiger partial charge in [-0.3, -0.25) is 0 Å². The summed E-state index contributed by atoms with van der Waals surface area (Å²) in [5, 5.41) is 13.1. The number of rotatable bonds is 4. The molecule has 0 atom stereocenters. The summed E-state index contributed by atoms with van der Waals surface area (Å²) in [7, 11) is 0. The van der Waals surface area contributed by atoms with Crippen LogP contribution in [0.5, 0.6) is 0 Å². The van der Waals surface area contributed by atoms with E-state index in [2.05, 4.69) is 161 Å². The van der Waals surface area contributed by atoms with E-state index in [4.69, 9.17) is 19.5 Å². The highest BCUT2D eigenvalue weighted by atomic mass is 16.3. The van der Waals surface area contributed by atoms with Crippen molar-refractivity contribution in [3.05, 3.63) is 182 Å².